The number of hydrogen-bond acceptors (Lipinski definition) is 1. The lowest BCUT2D eigenvalue weighted by Crippen LogP contribution is -1.60. The molecule has 2 heteroatoms. The molecule has 0 fully saturated rings. The second-order valence-corrected chi connectivity index (χ2v) is 3.20. The van der Waals surface area contributed by atoms with Gasteiger partial charge in [-0.1, -0.05) is 12.1 Å². The maximum Gasteiger partial charge on any atom is 0.187 e. The van der Waals surface area contributed by atoms with Crippen LogP contribution in [0.1, 0.15) is 0 Å². The first-order valence-electron chi connectivity index (χ1n) is 3.25. The zero-order valence-electron chi connectivity index (χ0n) is 5.74. The smallest absolute Gasteiger partial charge is 0.187 e. The van der Waals surface area contributed by atoms with Crippen LogP contribution in [0.5, 0.6) is 0 Å². The highest BCUT2D eigenvalue weighted by Crippen LogP contribution is 2.25. The predicted molar refractivity (Wildman–Crippen MR) is 48.1 cm³/mol. The minimum Gasteiger partial charge on any atom is -0.238 e. The van der Waals surface area contributed by atoms with Gasteiger partial charge in [0.25, 0.3) is 0 Å². The Kier molecular flexibility index (Phi) is 1.38. The van der Waals surface area contributed by atoms with Crippen LogP contribution in [0.4, 0.5) is 5.69 Å². The number of hydrogen-bond donors (Lipinski definition) is 0. The van der Waals surface area contributed by atoms with Crippen LogP contribution < -0.4 is 0 Å². The Hall–Kier alpha value is -1.33. The van der Waals surface area contributed by atoms with E-state index in [9.17, 15) is 0 Å². The molecule has 0 radical (unpaired) electrons. The zero-order chi connectivity index (χ0) is 7.68. The van der Waals surface area contributed by atoms with Gasteiger partial charge < -0.3 is 0 Å². The molecule has 0 unspecified atom stereocenters. The lowest BCUT2D eigenvalue weighted by Gasteiger charge is -1.88. The third-order valence-electron chi connectivity index (χ3n) is 1.57. The van der Waals surface area contributed by atoms with Crippen LogP contribution in [-0.2, 0) is 0 Å². The zero-order valence-corrected chi connectivity index (χ0v) is 6.56. The summed E-state index contributed by atoms with van der Waals surface area (Å²) in [6, 6.07) is 7.80. The summed E-state index contributed by atoms with van der Waals surface area (Å²) < 4.78 is 1.25. The van der Waals surface area contributed by atoms with Crippen molar-refractivity contribution in [2.24, 2.45) is 0 Å². The van der Waals surface area contributed by atoms with Gasteiger partial charge in [0.05, 0.1) is 6.57 Å². The summed E-state index contributed by atoms with van der Waals surface area (Å²) in [5.74, 6) is 0. The summed E-state index contributed by atoms with van der Waals surface area (Å²) in [5.41, 5.74) is 0.718. The molecule has 0 aliphatic carbocycles. The van der Waals surface area contributed by atoms with E-state index in [-0.39, 0.29) is 0 Å². The van der Waals surface area contributed by atoms with E-state index in [1.54, 1.807) is 11.3 Å². The van der Waals surface area contributed by atoms with Crippen LogP contribution in [-0.4, -0.2) is 0 Å². The second-order valence-electron chi connectivity index (χ2n) is 2.25. The first-order chi connectivity index (χ1) is 5.40. The largest absolute Gasteiger partial charge is 0.238 e. The van der Waals surface area contributed by atoms with Crippen molar-refractivity contribution in [2.45, 2.75) is 0 Å². The molecule has 0 bridgehead atoms. The van der Waals surface area contributed by atoms with Crippen molar-refractivity contribution in [1.29, 1.82) is 0 Å². The fourth-order valence-electron chi connectivity index (χ4n) is 1.02. The Balaban J connectivity index is 2.79. The SMILES string of the molecule is [C-]#[N+]c1ccc2sccc2c1. The van der Waals surface area contributed by atoms with Crippen LogP contribution in [0.15, 0.2) is 29.6 Å². The van der Waals surface area contributed by atoms with Crippen molar-refractivity contribution in [3.05, 3.63) is 41.1 Å². The van der Waals surface area contributed by atoms with E-state index >= 15 is 0 Å². The molecule has 2 aromatic rings. The molecule has 0 saturated heterocycles. The molecule has 1 aromatic carbocycles. The predicted octanol–water partition coefficient (Wildman–Crippen LogP) is 3.45. The average Bonchev–Trinajstić information content (AvgIpc) is 2.50. The maximum atomic E-state index is 6.80. The van der Waals surface area contributed by atoms with E-state index in [4.69, 9.17) is 6.57 Å². The molecular weight excluding hydrogens is 154 g/mol. The van der Waals surface area contributed by atoms with E-state index in [0.717, 1.165) is 5.69 Å². The molecule has 0 aliphatic rings. The summed E-state index contributed by atoms with van der Waals surface area (Å²) in [4.78, 5) is 3.35. The molecule has 0 amide bonds. The summed E-state index contributed by atoms with van der Waals surface area (Å²) in [7, 11) is 0. The van der Waals surface area contributed by atoms with Gasteiger partial charge >= 0.3 is 0 Å². The molecule has 0 saturated carbocycles. The van der Waals surface area contributed by atoms with Gasteiger partial charge in [-0.25, -0.2) is 4.85 Å². The lowest BCUT2D eigenvalue weighted by atomic mass is 10.2. The van der Waals surface area contributed by atoms with Gasteiger partial charge in [-0.3, -0.25) is 0 Å². The molecule has 1 aromatic heterocycles. The van der Waals surface area contributed by atoms with Crippen LogP contribution in [0.3, 0.4) is 0 Å². The molecule has 11 heavy (non-hydrogen) atoms. The standard InChI is InChI=1S/C9H5NS/c1-10-8-2-3-9-7(6-8)4-5-11-9/h2-6H. The Morgan fingerprint density at radius 1 is 1.27 bits per heavy atom. The highest BCUT2D eigenvalue weighted by Gasteiger charge is 1.94. The van der Waals surface area contributed by atoms with Crippen molar-refractivity contribution in [3.63, 3.8) is 0 Å². The van der Waals surface area contributed by atoms with E-state index in [2.05, 4.69) is 4.85 Å². The van der Waals surface area contributed by atoms with Crippen molar-refractivity contribution >= 4 is 27.1 Å². The summed E-state index contributed by atoms with van der Waals surface area (Å²) >= 11 is 1.70. The van der Waals surface area contributed by atoms with Gasteiger partial charge in [0, 0.05) is 4.70 Å². The molecule has 0 aliphatic heterocycles. The van der Waals surface area contributed by atoms with Crippen LogP contribution >= 0.6 is 11.3 Å². The van der Waals surface area contributed by atoms with Crippen molar-refractivity contribution in [2.75, 3.05) is 0 Å². The highest BCUT2D eigenvalue weighted by atomic mass is 32.1. The maximum absolute atomic E-state index is 6.80. The van der Waals surface area contributed by atoms with Gasteiger partial charge in [-0.05, 0) is 22.9 Å². The number of benzene rings is 1. The third-order valence-corrected chi connectivity index (χ3v) is 2.46. The number of thiophene rings is 1. The summed E-state index contributed by atoms with van der Waals surface area (Å²) in [6.07, 6.45) is 0. The first kappa shape index (κ1) is 6.38. The molecular formula is C9H5NS. The lowest BCUT2D eigenvalue weighted by molar-refractivity contribution is 1.84. The van der Waals surface area contributed by atoms with Crippen molar-refractivity contribution in [1.82, 2.24) is 0 Å². The van der Waals surface area contributed by atoms with Gasteiger partial charge in [-0.2, -0.15) is 0 Å². The summed E-state index contributed by atoms with van der Waals surface area (Å²) in [6.45, 7) is 6.80. The van der Waals surface area contributed by atoms with Crippen LogP contribution in [0, 0.1) is 6.57 Å². The highest BCUT2D eigenvalue weighted by molar-refractivity contribution is 7.17. The van der Waals surface area contributed by atoms with Gasteiger partial charge in [0.15, 0.2) is 5.69 Å². The number of fused-ring (bicyclic) bond motifs is 1. The Morgan fingerprint density at radius 3 is 3.00 bits per heavy atom. The minimum atomic E-state index is 0.718. The summed E-state index contributed by atoms with van der Waals surface area (Å²) in [5, 5.41) is 3.21. The normalized spacial score (nSPS) is 9.73. The Morgan fingerprint density at radius 2 is 2.18 bits per heavy atom. The third kappa shape index (κ3) is 0.997. The van der Waals surface area contributed by atoms with Gasteiger partial charge in [0.2, 0.25) is 0 Å². The monoisotopic (exact) mass is 159 g/mol. The average molecular weight is 159 g/mol. The quantitative estimate of drug-likeness (QED) is 0.518. The van der Waals surface area contributed by atoms with E-state index in [0.29, 0.717) is 0 Å². The molecule has 0 N–H and O–H groups in total. The van der Waals surface area contributed by atoms with Crippen molar-refractivity contribution in [3.8, 4) is 0 Å². The first-order valence-corrected chi connectivity index (χ1v) is 4.13. The topological polar surface area (TPSA) is 4.36 Å². The van der Waals surface area contributed by atoms with E-state index < -0.39 is 0 Å². The molecule has 0 atom stereocenters. The van der Waals surface area contributed by atoms with Gasteiger partial charge in [0.1, 0.15) is 0 Å². The van der Waals surface area contributed by atoms with E-state index in [1.165, 1.54) is 10.1 Å². The fourth-order valence-corrected chi connectivity index (χ4v) is 1.79. The molecule has 0 spiro atoms. The second kappa shape index (κ2) is 2.37. The molecule has 1 heterocycles. The van der Waals surface area contributed by atoms with Gasteiger partial charge in [-0.15, -0.1) is 11.3 Å². The number of rotatable bonds is 0. The Bertz CT molecular complexity index is 422. The Labute approximate surface area is 68.7 Å². The van der Waals surface area contributed by atoms with Crippen LogP contribution in [0.2, 0.25) is 0 Å². The van der Waals surface area contributed by atoms with Crippen LogP contribution in [0.25, 0.3) is 14.9 Å². The minimum absolute atomic E-state index is 0.718. The molecule has 52 valence electrons. The van der Waals surface area contributed by atoms with E-state index in [1.807, 2.05) is 29.6 Å². The fraction of sp³-hybridized carbons (Fsp3) is 0. The molecule has 1 nitrogen and oxygen atoms in total. The number of nitrogens with zero attached hydrogens (tertiary/aromatic N) is 1. The van der Waals surface area contributed by atoms with Crippen molar-refractivity contribution < 1.29 is 0 Å². The molecule has 2 rings (SSSR count).